The molecule has 0 saturated carbocycles. The molecule has 88 valence electrons. The van der Waals surface area contributed by atoms with E-state index in [9.17, 15) is 13.2 Å². The fraction of sp³-hybridized carbons (Fsp3) is 0.300. The van der Waals surface area contributed by atoms with Crippen LogP contribution in [-0.4, -0.2) is 32.3 Å². The first-order valence-electron chi connectivity index (χ1n) is 4.65. The average Bonchev–Trinajstić information content (AvgIpc) is 2.16. The molecule has 5 nitrogen and oxygen atoms in total. The zero-order chi connectivity index (χ0) is 12.2. The maximum absolute atomic E-state index is 10.8. The van der Waals surface area contributed by atoms with Crippen molar-refractivity contribution in [3.05, 3.63) is 35.4 Å². The van der Waals surface area contributed by atoms with Gasteiger partial charge >= 0.3 is 5.97 Å². The topological polar surface area (TPSA) is 83.5 Å². The van der Waals surface area contributed by atoms with Crippen molar-refractivity contribution in [1.29, 1.82) is 0 Å². The van der Waals surface area contributed by atoms with Gasteiger partial charge in [0.2, 0.25) is 10.0 Å². The summed E-state index contributed by atoms with van der Waals surface area (Å²) in [4.78, 5) is 10.7. The van der Waals surface area contributed by atoms with Crippen LogP contribution in [0.2, 0.25) is 0 Å². The number of sulfonamides is 1. The number of benzene rings is 1. The highest BCUT2D eigenvalue weighted by molar-refractivity contribution is 7.88. The average molecular weight is 243 g/mol. The van der Waals surface area contributed by atoms with Crippen LogP contribution in [0.5, 0.6) is 0 Å². The number of nitrogens with one attached hydrogen (secondary N) is 1. The van der Waals surface area contributed by atoms with Gasteiger partial charge in [-0.25, -0.2) is 17.9 Å². The Morgan fingerprint density at radius 1 is 1.44 bits per heavy atom. The SMILES string of the molecule is CS(=O)(=O)NCCc1cccc(C(=O)O)c1. The Hall–Kier alpha value is -1.40. The first-order valence-corrected chi connectivity index (χ1v) is 6.54. The van der Waals surface area contributed by atoms with Gasteiger partial charge in [0.25, 0.3) is 0 Å². The van der Waals surface area contributed by atoms with Crippen LogP contribution in [0.1, 0.15) is 15.9 Å². The van der Waals surface area contributed by atoms with Crippen molar-refractivity contribution in [2.75, 3.05) is 12.8 Å². The second kappa shape index (κ2) is 5.09. The van der Waals surface area contributed by atoms with Gasteiger partial charge in [0.05, 0.1) is 11.8 Å². The van der Waals surface area contributed by atoms with Crippen LogP contribution < -0.4 is 4.72 Å². The Balaban J connectivity index is 2.61. The molecule has 0 aromatic heterocycles. The van der Waals surface area contributed by atoms with Gasteiger partial charge in [0, 0.05) is 6.54 Å². The van der Waals surface area contributed by atoms with E-state index in [0.29, 0.717) is 6.42 Å². The van der Waals surface area contributed by atoms with Crippen molar-refractivity contribution in [2.45, 2.75) is 6.42 Å². The number of hydrogen-bond donors (Lipinski definition) is 2. The molecule has 0 unspecified atom stereocenters. The van der Waals surface area contributed by atoms with E-state index in [-0.39, 0.29) is 12.1 Å². The summed E-state index contributed by atoms with van der Waals surface area (Å²) in [5, 5.41) is 8.75. The van der Waals surface area contributed by atoms with Gasteiger partial charge in [0.1, 0.15) is 0 Å². The van der Waals surface area contributed by atoms with Crippen molar-refractivity contribution in [1.82, 2.24) is 4.72 Å². The normalized spacial score (nSPS) is 11.3. The van der Waals surface area contributed by atoms with Crippen LogP contribution in [-0.2, 0) is 16.4 Å². The number of aromatic carboxylic acids is 1. The predicted octanol–water partition coefficient (Wildman–Crippen LogP) is 0.476. The summed E-state index contributed by atoms with van der Waals surface area (Å²) < 4.78 is 23.9. The molecule has 0 amide bonds. The van der Waals surface area contributed by atoms with Gasteiger partial charge in [0.15, 0.2) is 0 Å². The largest absolute Gasteiger partial charge is 0.478 e. The molecule has 1 aromatic carbocycles. The first kappa shape index (κ1) is 12.7. The van der Waals surface area contributed by atoms with Gasteiger partial charge < -0.3 is 5.11 Å². The summed E-state index contributed by atoms with van der Waals surface area (Å²) in [6.07, 6.45) is 1.55. The fourth-order valence-corrected chi connectivity index (χ4v) is 1.71. The molecular weight excluding hydrogens is 230 g/mol. The molecule has 0 bridgehead atoms. The Bertz CT molecular complexity index is 481. The summed E-state index contributed by atoms with van der Waals surface area (Å²) in [6.45, 7) is 0.266. The third kappa shape index (κ3) is 4.41. The Kier molecular flexibility index (Phi) is 4.03. The van der Waals surface area contributed by atoms with Crippen molar-refractivity contribution >= 4 is 16.0 Å². The summed E-state index contributed by atoms with van der Waals surface area (Å²) in [6, 6.07) is 6.43. The quantitative estimate of drug-likeness (QED) is 0.787. The molecule has 1 aromatic rings. The van der Waals surface area contributed by atoms with Gasteiger partial charge in [-0.15, -0.1) is 0 Å². The van der Waals surface area contributed by atoms with Crippen molar-refractivity contribution < 1.29 is 18.3 Å². The van der Waals surface area contributed by atoms with Crippen LogP contribution in [0.3, 0.4) is 0 Å². The molecule has 0 aliphatic rings. The van der Waals surface area contributed by atoms with E-state index in [1.807, 2.05) is 0 Å². The summed E-state index contributed by atoms with van der Waals surface area (Å²) >= 11 is 0. The van der Waals surface area contributed by atoms with E-state index < -0.39 is 16.0 Å². The zero-order valence-corrected chi connectivity index (χ0v) is 9.62. The molecular formula is C10H13NO4S. The maximum atomic E-state index is 10.8. The molecule has 6 heteroatoms. The van der Waals surface area contributed by atoms with Crippen molar-refractivity contribution in [2.24, 2.45) is 0 Å². The van der Waals surface area contributed by atoms with E-state index in [2.05, 4.69) is 4.72 Å². The second-order valence-corrected chi connectivity index (χ2v) is 5.26. The van der Waals surface area contributed by atoms with E-state index in [1.165, 1.54) is 12.1 Å². The minimum atomic E-state index is -3.19. The number of carbonyl (C=O) groups is 1. The summed E-state index contributed by atoms with van der Waals surface area (Å²) in [5.41, 5.74) is 0.993. The highest BCUT2D eigenvalue weighted by Gasteiger charge is 2.04. The minimum Gasteiger partial charge on any atom is -0.478 e. The van der Waals surface area contributed by atoms with E-state index in [4.69, 9.17) is 5.11 Å². The van der Waals surface area contributed by atoms with Crippen LogP contribution in [0.25, 0.3) is 0 Å². The molecule has 0 aliphatic carbocycles. The lowest BCUT2D eigenvalue weighted by Crippen LogP contribution is -2.24. The van der Waals surface area contributed by atoms with Crippen LogP contribution in [0, 0.1) is 0 Å². The van der Waals surface area contributed by atoms with E-state index in [1.54, 1.807) is 12.1 Å². The molecule has 0 fully saturated rings. The smallest absolute Gasteiger partial charge is 0.335 e. The van der Waals surface area contributed by atoms with Gasteiger partial charge in [-0.1, -0.05) is 12.1 Å². The van der Waals surface area contributed by atoms with Gasteiger partial charge in [-0.2, -0.15) is 0 Å². The van der Waals surface area contributed by atoms with Gasteiger partial charge in [-0.3, -0.25) is 0 Å². The van der Waals surface area contributed by atoms with Gasteiger partial charge in [-0.05, 0) is 24.1 Å². The monoisotopic (exact) mass is 243 g/mol. The Morgan fingerprint density at radius 3 is 2.69 bits per heavy atom. The minimum absolute atomic E-state index is 0.205. The van der Waals surface area contributed by atoms with E-state index in [0.717, 1.165) is 11.8 Å². The third-order valence-corrected chi connectivity index (χ3v) is 2.68. The lowest BCUT2D eigenvalue weighted by molar-refractivity contribution is 0.0696. The highest BCUT2D eigenvalue weighted by atomic mass is 32.2. The first-order chi connectivity index (χ1) is 7.38. The lowest BCUT2D eigenvalue weighted by Gasteiger charge is -2.03. The number of hydrogen-bond acceptors (Lipinski definition) is 3. The zero-order valence-electron chi connectivity index (χ0n) is 8.80. The summed E-state index contributed by atoms with van der Waals surface area (Å²) in [7, 11) is -3.19. The third-order valence-electron chi connectivity index (χ3n) is 1.95. The number of carboxylic acid groups (broad SMARTS) is 1. The van der Waals surface area contributed by atoms with E-state index >= 15 is 0 Å². The molecule has 0 spiro atoms. The fourth-order valence-electron chi connectivity index (χ4n) is 1.24. The lowest BCUT2D eigenvalue weighted by atomic mass is 10.1. The van der Waals surface area contributed by atoms with Crippen molar-refractivity contribution in [3.63, 3.8) is 0 Å². The molecule has 0 aliphatic heterocycles. The molecule has 0 saturated heterocycles. The van der Waals surface area contributed by atoms with Crippen molar-refractivity contribution in [3.8, 4) is 0 Å². The molecule has 1 rings (SSSR count). The molecule has 16 heavy (non-hydrogen) atoms. The molecule has 0 heterocycles. The van der Waals surface area contributed by atoms with Crippen LogP contribution in [0.15, 0.2) is 24.3 Å². The molecule has 2 N–H and O–H groups in total. The second-order valence-electron chi connectivity index (χ2n) is 3.42. The summed E-state index contributed by atoms with van der Waals surface area (Å²) in [5.74, 6) is -0.988. The predicted molar refractivity (Wildman–Crippen MR) is 60.0 cm³/mol. The van der Waals surface area contributed by atoms with Crippen LogP contribution >= 0.6 is 0 Å². The maximum Gasteiger partial charge on any atom is 0.335 e. The highest BCUT2D eigenvalue weighted by Crippen LogP contribution is 2.05. The standard InChI is InChI=1S/C10H13NO4S/c1-16(14,15)11-6-5-8-3-2-4-9(7-8)10(12)13/h2-4,7,11H,5-6H2,1H3,(H,12,13). The molecule has 0 atom stereocenters. The Labute approximate surface area is 94.2 Å². The number of rotatable bonds is 5. The number of carboxylic acids is 1. The Morgan fingerprint density at radius 2 is 2.12 bits per heavy atom. The molecule has 0 radical (unpaired) electrons. The van der Waals surface area contributed by atoms with Crippen LogP contribution in [0.4, 0.5) is 0 Å².